The molecule has 2 aliphatic rings. The standard InChI is InChI=1S/C24H29FN2O2/c1-29-23(28)20-9-7-19(8-10-20)15-27-14-12-24(18-27)11-4-13-26(17-24)16-21-5-2-3-6-22(21)25/h2-3,5-10H,4,11-18H2,1H3. The second-order valence-electron chi connectivity index (χ2n) is 8.55. The molecule has 0 N–H and O–H groups in total. The number of methoxy groups -OCH3 is 1. The minimum Gasteiger partial charge on any atom is -0.465 e. The molecule has 2 heterocycles. The molecule has 2 fully saturated rings. The van der Waals surface area contributed by atoms with Crippen molar-refractivity contribution in [1.29, 1.82) is 0 Å². The van der Waals surface area contributed by atoms with Crippen molar-refractivity contribution < 1.29 is 13.9 Å². The topological polar surface area (TPSA) is 32.8 Å². The number of carbonyl (C=O) groups excluding carboxylic acids is 1. The highest BCUT2D eigenvalue weighted by Gasteiger charge is 2.41. The molecular weight excluding hydrogens is 367 g/mol. The van der Waals surface area contributed by atoms with Gasteiger partial charge in [0.25, 0.3) is 0 Å². The Bertz CT molecular complexity index is 854. The van der Waals surface area contributed by atoms with Crippen LogP contribution in [0.5, 0.6) is 0 Å². The van der Waals surface area contributed by atoms with Crippen LogP contribution in [0.4, 0.5) is 4.39 Å². The summed E-state index contributed by atoms with van der Waals surface area (Å²) in [6.07, 6.45) is 3.62. The van der Waals surface area contributed by atoms with E-state index < -0.39 is 0 Å². The summed E-state index contributed by atoms with van der Waals surface area (Å²) in [5.74, 6) is -0.399. The van der Waals surface area contributed by atoms with E-state index in [4.69, 9.17) is 4.74 Å². The van der Waals surface area contributed by atoms with Crippen molar-refractivity contribution in [3.8, 4) is 0 Å². The number of likely N-dealkylation sites (tertiary alicyclic amines) is 2. The fourth-order valence-electron chi connectivity index (χ4n) is 4.93. The van der Waals surface area contributed by atoms with E-state index >= 15 is 0 Å². The summed E-state index contributed by atoms with van der Waals surface area (Å²) in [5.41, 5.74) is 2.92. The molecule has 0 radical (unpaired) electrons. The zero-order valence-electron chi connectivity index (χ0n) is 17.1. The van der Waals surface area contributed by atoms with Gasteiger partial charge in [0.15, 0.2) is 0 Å². The van der Waals surface area contributed by atoms with Gasteiger partial charge in [0, 0.05) is 31.7 Å². The Kier molecular flexibility index (Phi) is 5.97. The molecule has 0 aromatic heterocycles. The molecule has 2 aromatic rings. The number of hydrogen-bond donors (Lipinski definition) is 0. The molecule has 4 nitrogen and oxygen atoms in total. The zero-order chi connectivity index (χ0) is 20.3. The van der Waals surface area contributed by atoms with Crippen LogP contribution in [0.1, 0.15) is 40.7 Å². The number of benzene rings is 2. The number of halogens is 1. The number of rotatable bonds is 5. The SMILES string of the molecule is COC(=O)c1ccc(CN2CCC3(CCCN(Cc4ccccc4F)C3)C2)cc1. The van der Waals surface area contributed by atoms with Crippen LogP contribution < -0.4 is 0 Å². The number of esters is 1. The average molecular weight is 397 g/mol. The van der Waals surface area contributed by atoms with Crippen molar-refractivity contribution in [2.45, 2.75) is 32.4 Å². The van der Waals surface area contributed by atoms with E-state index in [2.05, 4.69) is 9.80 Å². The van der Waals surface area contributed by atoms with Crippen molar-refractivity contribution in [3.63, 3.8) is 0 Å². The van der Waals surface area contributed by atoms with Crippen LogP contribution >= 0.6 is 0 Å². The highest BCUT2D eigenvalue weighted by molar-refractivity contribution is 5.89. The Hall–Kier alpha value is -2.24. The van der Waals surface area contributed by atoms with Gasteiger partial charge in [-0.15, -0.1) is 0 Å². The molecule has 2 aromatic carbocycles. The zero-order valence-corrected chi connectivity index (χ0v) is 17.1. The van der Waals surface area contributed by atoms with Gasteiger partial charge in [-0.05, 0) is 61.5 Å². The van der Waals surface area contributed by atoms with Gasteiger partial charge in [0.2, 0.25) is 0 Å². The molecule has 1 spiro atoms. The molecule has 5 heteroatoms. The van der Waals surface area contributed by atoms with E-state index in [9.17, 15) is 9.18 Å². The lowest BCUT2D eigenvalue weighted by Crippen LogP contribution is -2.44. The first kappa shape index (κ1) is 20.0. The van der Waals surface area contributed by atoms with Gasteiger partial charge < -0.3 is 4.74 Å². The van der Waals surface area contributed by atoms with Crippen LogP contribution in [0.2, 0.25) is 0 Å². The molecule has 1 atom stereocenters. The lowest BCUT2D eigenvalue weighted by molar-refractivity contribution is 0.0600. The fraction of sp³-hybridized carbons (Fsp3) is 0.458. The van der Waals surface area contributed by atoms with E-state index in [0.717, 1.165) is 38.3 Å². The van der Waals surface area contributed by atoms with Crippen molar-refractivity contribution in [2.75, 3.05) is 33.3 Å². The van der Waals surface area contributed by atoms with E-state index in [1.54, 1.807) is 12.1 Å². The first-order valence-electron chi connectivity index (χ1n) is 10.4. The molecular formula is C24H29FN2O2. The first-order valence-corrected chi connectivity index (χ1v) is 10.4. The van der Waals surface area contributed by atoms with Crippen LogP contribution in [0.25, 0.3) is 0 Å². The quantitative estimate of drug-likeness (QED) is 0.713. The number of carbonyl (C=O) groups is 1. The number of ether oxygens (including phenoxy) is 1. The summed E-state index contributed by atoms with van der Waals surface area (Å²) < 4.78 is 18.8. The number of hydrogen-bond acceptors (Lipinski definition) is 4. The van der Waals surface area contributed by atoms with Crippen LogP contribution in [-0.4, -0.2) is 49.1 Å². The second-order valence-corrected chi connectivity index (χ2v) is 8.55. The summed E-state index contributed by atoms with van der Waals surface area (Å²) in [4.78, 5) is 16.5. The monoisotopic (exact) mass is 396 g/mol. The Labute approximate surface area is 172 Å². The third-order valence-electron chi connectivity index (χ3n) is 6.39. The number of piperidine rings is 1. The highest BCUT2D eigenvalue weighted by Crippen LogP contribution is 2.39. The summed E-state index contributed by atoms with van der Waals surface area (Å²) in [6.45, 7) is 5.86. The normalized spacial score (nSPS) is 22.8. The first-order chi connectivity index (χ1) is 14.1. The predicted molar refractivity (Wildman–Crippen MR) is 111 cm³/mol. The molecule has 0 bridgehead atoms. The van der Waals surface area contributed by atoms with Gasteiger partial charge in [0.05, 0.1) is 12.7 Å². The maximum atomic E-state index is 14.1. The fourth-order valence-corrected chi connectivity index (χ4v) is 4.93. The Balaban J connectivity index is 1.35. The third kappa shape index (κ3) is 4.68. The maximum Gasteiger partial charge on any atom is 0.337 e. The summed E-state index contributed by atoms with van der Waals surface area (Å²) in [6, 6.07) is 14.8. The Morgan fingerprint density at radius 2 is 1.72 bits per heavy atom. The van der Waals surface area contributed by atoms with E-state index in [1.165, 1.54) is 31.9 Å². The van der Waals surface area contributed by atoms with Gasteiger partial charge in [-0.25, -0.2) is 9.18 Å². The molecule has 4 rings (SSSR count). The number of nitrogens with zero attached hydrogens (tertiary/aromatic N) is 2. The second kappa shape index (κ2) is 8.64. The molecule has 0 amide bonds. The van der Waals surface area contributed by atoms with Crippen molar-refractivity contribution in [2.24, 2.45) is 5.41 Å². The van der Waals surface area contributed by atoms with Crippen LogP contribution in [0.15, 0.2) is 48.5 Å². The summed E-state index contributed by atoms with van der Waals surface area (Å²) >= 11 is 0. The predicted octanol–water partition coefficient (Wildman–Crippen LogP) is 4.10. The van der Waals surface area contributed by atoms with E-state index in [-0.39, 0.29) is 11.8 Å². The van der Waals surface area contributed by atoms with Gasteiger partial charge >= 0.3 is 5.97 Å². The van der Waals surface area contributed by atoms with Crippen molar-refractivity contribution >= 4 is 5.97 Å². The smallest absolute Gasteiger partial charge is 0.337 e. The minimum atomic E-state index is -0.297. The third-order valence-corrected chi connectivity index (χ3v) is 6.39. The lowest BCUT2D eigenvalue weighted by atomic mass is 9.79. The summed E-state index contributed by atoms with van der Waals surface area (Å²) in [5, 5.41) is 0. The van der Waals surface area contributed by atoms with Crippen LogP contribution in [0, 0.1) is 11.2 Å². The largest absolute Gasteiger partial charge is 0.465 e. The van der Waals surface area contributed by atoms with E-state index in [0.29, 0.717) is 17.5 Å². The van der Waals surface area contributed by atoms with Gasteiger partial charge in [-0.3, -0.25) is 9.80 Å². The molecule has 2 saturated heterocycles. The van der Waals surface area contributed by atoms with Gasteiger partial charge in [-0.1, -0.05) is 30.3 Å². The Morgan fingerprint density at radius 1 is 1.00 bits per heavy atom. The van der Waals surface area contributed by atoms with Gasteiger partial charge in [0.1, 0.15) is 5.82 Å². The molecule has 154 valence electrons. The van der Waals surface area contributed by atoms with E-state index in [1.807, 2.05) is 36.4 Å². The average Bonchev–Trinajstić information content (AvgIpc) is 3.11. The summed E-state index contributed by atoms with van der Waals surface area (Å²) in [7, 11) is 1.40. The van der Waals surface area contributed by atoms with Gasteiger partial charge in [-0.2, -0.15) is 0 Å². The lowest BCUT2D eigenvalue weighted by Gasteiger charge is -2.40. The van der Waals surface area contributed by atoms with Crippen LogP contribution in [0.3, 0.4) is 0 Å². The molecule has 0 saturated carbocycles. The molecule has 1 unspecified atom stereocenters. The van der Waals surface area contributed by atoms with Crippen LogP contribution in [-0.2, 0) is 17.8 Å². The molecule has 29 heavy (non-hydrogen) atoms. The maximum absolute atomic E-state index is 14.1. The molecule has 0 aliphatic carbocycles. The molecule has 2 aliphatic heterocycles. The van der Waals surface area contributed by atoms with Crippen molar-refractivity contribution in [1.82, 2.24) is 9.80 Å². The minimum absolute atomic E-state index is 0.101. The highest BCUT2D eigenvalue weighted by atomic mass is 19.1. The Morgan fingerprint density at radius 3 is 2.45 bits per heavy atom. The van der Waals surface area contributed by atoms with Crippen molar-refractivity contribution in [3.05, 3.63) is 71.0 Å².